The van der Waals surface area contributed by atoms with Gasteiger partial charge in [0.25, 0.3) is 0 Å². The van der Waals surface area contributed by atoms with E-state index in [2.05, 4.69) is 0 Å². The maximum Gasteiger partial charge on any atom is 0.108 e. The summed E-state index contributed by atoms with van der Waals surface area (Å²) in [6.45, 7) is 3.97. The average molecular weight is 292 g/mol. The second-order valence-corrected chi connectivity index (χ2v) is 7.70. The van der Waals surface area contributed by atoms with Gasteiger partial charge in [0.05, 0.1) is 21.6 Å². The van der Waals surface area contributed by atoms with Crippen molar-refractivity contribution in [3.63, 3.8) is 0 Å². The first kappa shape index (κ1) is 14.2. The summed E-state index contributed by atoms with van der Waals surface area (Å²) in [6, 6.07) is 15.0. The van der Waals surface area contributed by atoms with E-state index in [1.54, 1.807) is 0 Å². The Morgan fingerprint density at radius 3 is 1.32 bits per heavy atom. The highest BCUT2D eigenvalue weighted by atomic mass is 32.2. The Morgan fingerprint density at radius 1 is 0.684 bits per heavy atom. The zero-order valence-electron chi connectivity index (χ0n) is 11.0. The topological polar surface area (TPSA) is 34.1 Å². The van der Waals surface area contributed by atoms with Crippen LogP contribution >= 0.6 is 0 Å². The van der Waals surface area contributed by atoms with E-state index in [4.69, 9.17) is 0 Å². The van der Waals surface area contributed by atoms with E-state index in [-0.39, 0.29) is 5.08 Å². The standard InChI is InChI=1S/C15H16O2S2/c1-12-3-7-14(8-4-12)18(16)11-19(17)15-9-5-13(2)6-10-15/h3-10H,11H2,1-2H3/t18-,19-/m1/s1. The van der Waals surface area contributed by atoms with Gasteiger partial charge in [0, 0.05) is 9.79 Å². The molecule has 2 aromatic rings. The van der Waals surface area contributed by atoms with Crippen molar-refractivity contribution in [2.75, 3.05) is 5.08 Å². The molecule has 4 heteroatoms. The van der Waals surface area contributed by atoms with Crippen molar-refractivity contribution >= 4 is 21.6 Å². The molecule has 0 saturated carbocycles. The van der Waals surface area contributed by atoms with Crippen molar-refractivity contribution in [2.24, 2.45) is 0 Å². The third-order valence-corrected chi connectivity index (χ3v) is 6.09. The molecule has 2 nitrogen and oxygen atoms in total. The van der Waals surface area contributed by atoms with Crippen LogP contribution in [-0.2, 0) is 21.6 Å². The van der Waals surface area contributed by atoms with Crippen LogP contribution in [0.2, 0.25) is 0 Å². The van der Waals surface area contributed by atoms with Gasteiger partial charge >= 0.3 is 0 Å². The van der Waals surface area contributed by atoms with Crippen LogP contribution < -0.4 is 0 Å². The Hall–Kier alpha value is -1.26. The summed E-state index contributed by atoms with van der Waals surface area (Å²) in [5.41, 5.74) is 2.25. The fraction of sp³-hybridized carbons (Fsp3) is 0.200. The molecule has 0 aliphatic heterocycles. The third-order valence-electron chi connectivity index (χ3n) is 2.78. The maximum absolute atomic E-state index is 12.1. The van der Waals surface area contributed by atoms with Crippen molar-refractivity contribution in [3.8, 4) is 0 Å². The normalized spacial score (nSPS) is 14.0. The van der Waals surface area contributed by atoms with Gasteiger partial charge in [-0.05, 0) is 38.1 Å². The van der Waals surface area contributed by atoms with Crippen LogP contribution in [0.3, 0.4) is 0 Å². The van der Waals surface area contributed by atoms with E-state index in [0.717, 1.165) is 20.9 Å². The lowest BCUT2D eigenvalue weighted by atomic mass is 10.2. The summed E-state index contributed by atoms with van der Waals surface area (Å²) in [5, 5.41) is 0.145. The van der Waals surface area contributed by atoms with Crippen molar-refractivity contribution < 1.29 is 8.42 Å². The largest absolute Gasteiger partial charge is 0.253 e. The van der Waals surface area contributed by atoms with Crippen LogP contribution in [0.4, 0.5) is 0 Å². The second kappa shape index (κ2) is 6.26. The Kier molecular flexibility index (Phi) is 4.66. The monoisotopic (exact) mass is 292 g/mol. The van der Waals surface area contributed by atoms with Crippen molar-refractivity contribution in [1.82, 2.24) is 0 Å². The van der Waals surface area contributed by atoms with Gasteiger partial charge in [0.1, 0.15) is 5.08 Å². The molecule has 0 heterocycles. The molecule has 2 rings (SSSR count). The first-order chi connectivity index (χ1) is 9.06. The van der Waals surface area contributed by atoms with E-state index in [9.17, 15) is 8.42 Å². The molecule has 0 unspecified atom stereocenters. The van der Waals surface area contributed by atoms with Crippen LogP contribution in [0, 0.1) is 13.8 Å². The summed E-state index contributed by atoms with van der Waals surface area (Å²) in [4.78, 5) is 1.46. The summed E-state index contributed by atoms with van der Waals surface area (Å²) < 4.78 is 24.2. The molecule has 2 aromatic carbocycles. The molecule has 0 spiro atoms. The average Bonchev–Trinajstić information content (AvgIpc) is 2.40. The van der Waals surface area contributed by atoms with E-state index >= 15 is 0 Å². The Morgan fingerprint density at radius 2 is 1.00 bits per heavy atom. The Bertz CT molecular complexity index is 546. The van der Waals surface area contributed by atoms with Gasteiger partial charge in [-0.2, -0.15) is 0 Å². The molecule has 100 valence electrons. The quantitative estimate of drug-likeness (QED) is 0.867. The zero-order chi connectivity index (χ0) is 13.8. The lowest BCUT2D eigenvalue weighted by Gasteiger charge is -2.04. The van der Waals surface area contributed by atoms with Gasteiger partial charge in [0.2, 0.25) is 0 Å². The highest BCUT2D eigenvalue weighted by Gasteiger charge is 2.10. The SMILES string of the molecule is Cc1ccc([S@](=O)C[S@@](=O)c2ccc(C)cc2)cc1. The van der Waals surface area contributed by atoms with Crippen LogP contribution in [0.5, 0.6) is 0 Å². The van der Waals surface area contributed by atoms with Crippen LogP contribution in [-0.4, -0.2) is 13.5 Å². The fourth-order valence-corrected chi connectivity index (χ4v) is 4.36. The molecule has 0 bridgehead atoms. The van der Waals surface area contributed by atoms with Crippen molar-refractivity contribution in [2.45, 2.75) is 23.6 Å². The molecule has 0 aliphatic rings. The molecule has 2 atom stereocenters. The number of aryl methyl sites for hydroxylation is 2. The maximum atomic E-state index is 12.1. The number of hydrogen-bond donors (Lipinski definition) is 0. The summed E-state index contributed by atoms with van der Waals surface area (Å²) in [7, 11) is -2.46. The first-order valence-corrected chi connectivity index (χ1v) is 8.60. The van der Waals surface area contributed by atoms with E-state index in [1.165, 1.54) is 0 Å². The highest BCUT2D eigenvalue weighted by Crippen LogP contribution is 2.14. The molecule has 0 amide bonds. The molecular formula is C15H16O2S2. The predicted molar refractivity (Wildman–Crippen MR) is 80.0 cm³/mol. The minimum Gasteiger partial charge on any atom is -0.253 e. The van der Waals surface area contributed by atoms with Crippen LogP contribution in [0.25, 0.3) is 0 Å². The fourth-order valence-electron chi connectivity index (χ4n) is 1.61. The molecule has 19 heavy (non-hydrogen) atoms. The van der Waals surface area contributed by atoms with Gasteiger partial charge < -0.3 is 0 Å². The van der Waals surface area contributed by atoms with Crippen molar-refractivity contribution in [3.05, 3.63) is 59.7 Å². The number of rotatable bonds is 4. The zero-order valence-corrected chi connectivity index (χ0v) is 12.6. The van der Waals surface area contributed by atoms with Crippen molar-refractivity contribution in [1.29, 1.82) is 0 Å². The van der Waals surface area contributed by atoms with E-state index in [0.29, 0.717) is 0 Å². The second-order valence-electron chi connectivity index (χ2n) is 4.44. The smallest absolute Gasteiger partial charge is 0.108 e. The lowest BCUT2D eigenvalue weighted by molar-refractivity contribution is 0.679. The van der Waals surface area contributed by atoms with Crippen LogP contribution in [0.1, 0.15) is 11.1 Å². The van der Waals surface area contributed by atoms with Gasteiger partial charge in [-0.1, -0.05) is 35.4 Å². The lowest BCUT2D eigenvalue weighted by Crippen LogP contribution is -2.05. The van der Waals surface area contributed by atoms with Gasteiger partial charge in [0.15, 0.2) is 0 Å². The molecule has 0 aromatic heterocycles. The summed E-state index contributed by atoms with van der Waals surface area (Å²) in [6.07, 6.45) is 0. The van der Waals surface area contributed by atoms with E-state index < -0.39 is 21.6 Å². The summed E-state index contributed by atoms with van der Waals surface area (Å²) in [5.74, 6) is 0. The third kappa shape index (κ3) is 3.85. The molecule has 0 fully saturated rings. The Labute approximate surface area is 118 Å². The molecule has 0 aliphatic carbocycles. The van der Waals surface area contributed by atoms with Gasteiger partial charge in [-0.25, -0.2) is 0 Å². The number of hydrogen-bond acceptors (Lipinski definition) is 2. The van der Waals surface area contributed by atoms with Gasteiger partial charge in [-0.15, -0.1) is 0 Å². The van der Waals surface area contributed by atoms with E-state index in [1.807, 2.05) is 62.4 Å². The summed E-state index contributed by atoms with van der Waals surface area (Å²) >= 11 is 0. The molecule has 0 N–H and O–H groups in total. The predicted octanol–water partition coefficient (Wildman–Crippen LogP) is 3.18. The molecular weight excluding hydrogens is 276 g/mol. The molecule has 0 saturated heterocycles. The minimum absolute atomic E-state index is 0.145. The minimum atomic E-state index is -1.23. The molecule has 0 radical (unpaired) electrons. The number of benzene rings is 2. The van der Waals surface area contributed by atoms with Gasteiger partial charge in [-0.3, -0.25) is 8.42 Å². The highest BCUT2D eigenvalue weighted by molar-refractivity contribution is 8.01. The van der Waals surface area contributed by atoms with Crippen LogP contribution in [0.15, 0.2) is 58.3 Å². The first-order valence-electron chi connectivity index (χ1n) is 5.96. The Balaban J connectivity index is 2.08.